The van der Waals surface area contributed by atoms with Gasteiger partial charge in [-0.1, -0.05) is 66.7 Å². The number of hydrogen-bond acceptors (Lipinski definition) is 0. The van der Waals surface area contributed by atoms with Crippen LogP contribution in [0.4, 0.5) is 0 Å². The lowest BCUT2D eigenvalue weighted by Gasteiger charge is -2.10. The number of pyridine rings is 2. The molecule has 0 bridgehead atoms. The minimum Gasteiger partial charge on any atom is -0.200 e. The summed E-state index contributed by atoms with van der Waals surface area (Å²) in [5, 5.41) is 0. The summed E-state index contributed by atoms with van der Waals surface area (Å²) in [6.45, 7) is 2.98. The SMILES string of the molecule is Cc1ccccc1-c1cccc[n+]1Cc1ccccc1-c1ccc(-c2ccccc2)c[n+]1C. The lowest BCUT2D eigenvalue weighted by molar-refractivity contribution is -0.677. The van der Waals surface area contributed by atoms with Crippen LogP contribution in [0.3, 0.4) is 0 Å². The molecule has 0 aliphatic rings. The van der Waals surface area contributed by atoms with Crippen molar-refractivity contribution in [3.63, 3.8) is 0 Å². The Labute approximate surface area is 196 Å². The Morgan fingerprint density at radius 1 is 0.576 bits per heavy atom. The van der Waals surface area contributed by atoms with Crippen molar-refractivity contribution in [3.05, 3.63) is 133 Å². The standard InChI is InChI=1S/C31H28N2/c1-24-12-6-8-16-28(24)31-18-10-11-21-33(31)23-27-15-7-9-17-29(27)30-20-19-26(22-32(30)2)25-13-4-3-5-14-25/h3-22H,23H2,1-2H3/q+2. The van der Waals surface area contributed by atoms with Crippen LogP contribution in [0.25, 0.3) is 33.6 Å². The van der Waals surface area contributed by atoms with Gasteiger partial charge in [0.25, 0.3) is 0 Å². The second-order valence-corrected chi connectivity index (χ2v) is 8.47. The van der Waals surface area contributed by atoms with Crippen LogP contribution in [0.15, 0.2) is 122 Å². The molecule has 0 fully saturated rings. The van der Waals surface area contributed by atoms with E-state index in [9.17, 15) is 0 Å². The summed E-state index contributed by atoms with van der Waals surface area (Å²) in [5.41, 5.74) is 10.0. The molecule has 2 heterocycles. The molecule has 2 aromatic heterocycles. The highest BCUT2D eigenvalue weighted by Crippen LogP contribution is 2.25. The predicted molar refractivity (Wildman–Crippen MR) is 134 cm³/mol. The van der Waals surface area contributed by atoms with E-state index in [0.29, 0.717) is 0 Å². The van der Waals surface area contributed by atoms with Gasteiger partial charge in [-0.25, -0.2) is 4.57 Å². The third-order valence-corrected chi connectivity index (χ3v) is 6.24. The van der Waals surface area contributed by atoms with Gasteiger partial charge in [-0.05, 0) is 42.3 Å². The van der Waals surface area contributed by atoms with Crippen molar-refractivity contribution in [2.24, 2.45) is 7.05 Å². The van der Waals surface area contributed by atoms with Gasteiger partial charge in [0.2, 0.25) is 11.4 Å². The van der Waals surface area contributed by atoms with E-state index in [4.69, 9.17) is 0 Å². The van der Waals surface area contributed by atoms with E-state index >= 15 is 0 Å². The maximum absolute atomic E-state index is 2.35. The first-order valence-electron chi connectivity index (χ1n) is 11.4. The molecule has 5 rings (SSSR count). The van der Waals surface area contributed by atoms with Crippen LogP contribution >= 0.6 is 0 Å². The van der Waals surface area contributed by atoms with Gasteiger partial charge in [-0.15, -0.1) is 0 Å². The zero-order valence-electron chi connectivity index (χ0n) is 19.1. The molecule has 0 spiro atoms. The minimum atomic E-state index is 0.807. The molecule has 33 heavy (non-hydrogen) atoms. The fraction of sp³-hybridized carbons (Fsp3) is 0.0968. The van der Waals surface area contributed by atoms with Crippen molar-refractivity contribution >= 4 is 0 Å². The van der Waals surface area contributed by atoms with Crippen molar-refractivity contribution < 1.29 is 9.13 Å². The molecule has 160 valence electrons. The molecule has 0 aliphatic heterocycles. The zero-order valence-corrected chi connectivity index (χ0v) is 19.1. The van der Waals surface area contributed by atoms with E-state index < -0.39 is 0 Å². The smallest absolute Gasteiger partial charge is 0.200 e. The van der Waals surface area contributed by atoms with Gasteiger partial charge in [-0.3, -0.25) is 0 Å². The molecule has 0 amide bonds. The lowest BCUT2D eigenvalue weighted by Crippen LogP contribution is -2.37. The van der Waals surface area contributed by atoms with Gasteiger partial charge in [0, 0.05) is 34.9 Å². The molecule has 0 unspecified atom stereocenters. The van der Waals surface area contributed by atoms with Crippen LogP contribution in [-0.2, 0) is 13.6 Å². The molecule has 0 saturated heterocycles. The zero-order chi connectivity index (χ0) is 22.6. The molecule has 2 nitrogen and oxygen atoms in total. The van der Waals surface area contributed by atoms with Crippen LogP contribution in [0.1, 0.15) is 11.1 Å². The van der Waals surface area contributed by atoms with Gasteiger partial charge in [0.15, 0.2) is 18.9 Å². The van der Waals surface area contributed by atoms with E-state index in [0.717, 1.165) is 6.54 Å². The van der Waals surface area contributed by atoms with E-state index in [1.807, 2.05) is 0 Å². The molecule has 0 aliphatic carbocycles. The maximum atomic E-state index is 2.35. The monoisotopic (exact) mass is 428 g/mol. The Morgan fingerprint density at radius 2 is 1.27 bits per heavy atom. The van der Waals surface area contributed by atoms with Gasteiger partial charge in [0.1, 0.15) is 7.05 Å². The first kappa shape index (κ1) is 20.8. The maximum Gasteiger partial charge on any atom is 0.213 e. The summed E-state index contributed by atoms with van der Waals surface area (Å²) in [4.78, 5) is 0. The van der Waals surface area contributed by atoms with Crippen molar-refractivity contribution in [2.45, 2.75) is 13.5 Å². The normalized spacial score (nSPS) is 10.8. The predicted octanol–water partition coefficient (Wildman–Crippen LogP) is 6.16. The fourth-order valence-corrected chi connectivity index (χ4v) is 4.50. The summed E-state index contributed by atoms with van der Waals surface area (Å²) in [7, 11) is 2.13. The number of nitrogens with zero attached hydrogens (tertiary/aromatic N) is 2. The minimum absolute atomic E-state index is 0.807. The molecule has 2 heteroatoms. The number of rotatable bonds is 5. The van der Waals surface area contributed by atoms with Crippen LogP contribution in [0, 0.1) is 6.92 Å². The molecule has 0 N–H and O–H groups in total. The van der Waals surface area contributed by atoms with E-state index in [-0.39, 0.29) is 0 Å². The highest BCUT2D eigenvalue weighted by Gasteiger charge is 2.20. The summed E-state index contributed by atoms with van der Waals surface area (Å²) < 4.78 is 4.58. The van der Waals surface area contributed by atoms with Crippen LogP contribution in [0.2, 0.25) is 0 Å². The average molecular weight is 429 g/mol. The molecule has 0 radical (unpaired) electrons. The molecule has 0 atom stereocenters. The third kappa shape index (κ3) is 4.33. The van der Waals surface area contributed by atoms with Crippen molar-refractivity contribution in [1.29, 1.82) is 0 Å². The van der Waals surface area contributed by atoms with Crippen LogP contribution in [-0.4, -0.2) is 0 Å². The third-order valence-electron chi connectivity index (χ3n) is 6.24. The Balaban J connectivity index is 1.54. The first-order chi connectivity index (χ1) is 16.2. The van der Waals surface area contributed by atoms with E-state index in [1.165, 1.54) is 44.8 Å². The van der Waals surface area contributed by atoms with E-state index in [2.05, 4.69) is 145 Å². The quantitative estimate of drug-likeness (QED) is 0.296. The number of benzene rings is 3. The fourth-order valence-electron chi connectivity index (χ4n) is 4.50. The highest BCUT2D eigenvalue weighted by molar-refractivity contribution is 5.66. The highest BCUT2D eigenvalue weighted by atomic mass is 15.0. The molecular weight excluding hydrogens is 400 g/mol. The molecular formula is C31H28N2+2. The van der Waals surface area contributed by atoms with Gasteiger partial charge >= 0.3 is 0 Å². The number of aryl methyl sites for hydroxylation is 2. The largest absolute Gasteiger partial charge is 0.213 e. The summed E-state index contributed by atoms with van der Waals surface area (Å²) in [6, 6.07) is 38.7. The summed E-state index contributed by atoms with van der Waals surface area (Å²) in [6.07, 6.45) is 4.40. The first-order valence-corrected chi connectivity index (χ1v) is 11.4. The second kappa shape index (κ2) is 9.22. The van der Waals surface area contributed by atoms with Crippen molar-refractivity contribution in [3.8, 4) is 33.6 Å². The molecule has 0 saturated carbocycles. The Bertz CT molecular complexity index is 1400. The summed E-state index contributed by atoms with van der Waals surface area (Å²) in [5.74, 6) is 0. The lowest BCUT2D eigenvalue weighted by atomic mass is 10.0. The Kier molecular flexibility index (Phi) is 5.82. The van der Waals surface area contributed by atoms with Gasteiger partial charge in [-0.2, -0.15) is 4.57 Å². The molecule has 5 aromatic rings. The second-order valence-electron chi connectivity index (χ2n) is 8.47. The van der Waals surface area contributed by atoms with Crippen molar-refractivity contribution in [2.75, 3.05) is 0 Å². The number of hydrogen-bond donors (Lipinski definition) is 0. The van der Waals surface area contributed by atoms with Gasteiger partial charge < -0.3 is 0 Å². The summed E-state index contributed by atoms with van der Waals surface area (Å²) >= 11 is 0. The number of aromatic nitrogens is 2. The van der Waals surface area contributed by atoms with Crippen molar-refractivity contribution in [1.82, 2.24) is 0 Å². The topological polar surface area (TPSA) is 7.76 Å². The Hall–Kier alpha value is -4.04. The van der Waals surface area contributed by atoms with E-state index in [1.54, 1.807) is 0 Å². The molecule has 3 aromatic carbocycles. The van der Waals surface area contributed by atoms with Gasteiger partial charge in [0.05, 0.1) is 5.56 Å². The van der Waals surface area contributed by atoms with Crippen LogP contribution < -0.4 is 9.13 Å². The average Bonchev–Trinajstić information content (AvgIpc) is 2.86. The Morgan fingerprint density at radius 3 is 2.06 bits per heavy atom. The van der Waals surface area contributed by atoms with Crippen LogP contribution in [0.5, 0.6) is 0 Å².